The number of carbonyl (C=O) groups excluding carboxylic acids is 2. The molecule has 0 saturated heterocycles. The van der Waals surface area contributed by atoms with Gasteiger partial charge in [0.05, 0.1) is 27.7 Å². The molecule has 0 bridgehead atoms. The fraction of sp³-hybridized carbons (Fsp3) is 0.932. The van der Waals surface area contributed by atoms with Crippen LogP contribution in [0.3, 0.4) is 0 Å². The van der Waals surface area contributed by atoms with Gasteiger partial charge in [-0.2, -0.15) is 0 Å². The summed E-state index contributed by atoms with van der Waals surface area (Å²) in [5, 5.41) is 0. The maximum Gasteiger partial charge on any atom is 0.472 e. The monoisotopic (exact) mass is 999 g/mol. The highest BCUT2D eigenvalue weighted by Crippen LogP contribution is 2.43. The molecule has 0 spiro atoms. The van der Waals surface area contributed by atoms with Crippen LogP contribution in [0.2, 0.25) is 0 Å². The van der Waals surface area contributed by atoms with Crippen LogP contribution < -0.4 is 0 Å². The highest BCUT2D eigenvalue weighted by atomic mass is 31.2. The Bertz CT molecular complexity index is 1180. The highest BCUT2D eigenvalue weighted by Gasteiger charge is 2.27. The average Bonchev–Trinajstić information content (AvgIpc) is 3.31. The maximum absolute atomic E-state index is 12.8. The average molecular weight is 1000 g/mol. The van der Waals surface area contributed by atoms with E-state index in [2.05, 4.69) is 26.0 Å². The number of phosphoric acid groups is 1. The number of carbonyl (C=O) groups is 2. The molecule has 2 atom stereocenters. The van der Waals surface area contributed by atoms with Gasteiger partial charge in [-0.1, -0.05) is 264 Å². The lowest BCUT2D eigenvalue weighted by atomic mass is 10.0. The van der Waals surface area contributed by atoms with E-state index < -0.39 is 26.5 Å². The Labute approximate surface area is 428 Å². The molecule has 69 heavy (non-hydrogen) atoms. The van der Waals surface area contributed by atoms with E-state index in [1.807, 2.05) is 21.1 Å². The first-order valence-corrected chi connectivity index (χ1v) is 31.4. The van der Waals surface area contributed by atoms with E-state index in [0.29, 0.717) is 17.4 Å². The standard InChI is InChI=1S/C59H116NO8P/c1-6-8-10-12-14-16-18-20-22-24-25-26-27-28-29-30-31-32-33-34-35-36-38-40-42-44-46-48-50-52-59(62)68-57(56-67-69(63,64)66-54-53-60(3,4)5)55-65-58(61)51-49-47-45-43-41-39-37-23-21-19-17-15-13-11-9-7-2/h24-25,57H,6-23,26-56H2,1-5H3/p+1/b25-24-. The van der Waals surface area contributed by atoms with Gasteiger partial charge in [0, 0.05) is 12.8 Å². The van der Waals surface area contributed by atoms with Crippen molar-refractivity contribution in [3.8, 4) is 0 Å². The number of ether oxygens (including phenoxy) is 2. The first kappa shape index (κ1) is 67.8. The number of likely N-dealkylation sites (N-methyl/N-ethyl adjacent to an activating group) is 1. The second-order valence-electron chi connectivity index (χ2n) is 21.7. The summed E-state index contributed by atoms with van der Waals surface area (Å²) >= 11 is 0. The van der Waals surface area contributed by atoms with Crippen LogP contribution in [-0.2, 0) is 32.7 Å². The number of nitrogens with zero attached hydrogens (tertiary/aromatic N) is 1. The molecule has 10 heteroatoms. The van der Waals surface area contributed by atoms with Gasteiger partial charge in [0.25, 0.3) is 0 Å². The molecular formula is C59H117NO8P+. The molecule has 0 aliphatic heterocycles. The van der Waals surface area contributed by atoms with Crippen molar-refractivity contribution in [1.29, 1.82) is 0 Å². The Morgan fingerprint density at radius 2 is 0.739 bits per heavy atom. The molecular weight excluding hydrogens is 882 g/mol. The van der Waals surface area contributed by atoms with Gasteiger partial charge in [-0.15, -0.1) is 0 Å². The van der Waals surface area contributed by atoms with Crippen LogP contribution in [0.25, 0.3) is 0 Å². The summed E-state index contributed by atoms with van der Waals surface area (Å²) in [7, 11) is 1.50. The van der Waals surface area contributed by atoms with E-state index in [1.165, 1.54) is 238 Å². The van der Waals surface area contributed by atoms with Gasteiger partial charge >= 0.3 is 19.8 Å². The lowest BCUT2D eigenvalue weighted by Crippen LogP contribution is -2.37. The van der Waals surface area contributed by atoms with Crippen molar-refractivity contribution in [2.45, 2.75) is 309 Å². The van der Waals surface area contributed by atoms with E-state index in [0.717, 1.165) is 38.5 Å². The topological polar surface area (TPSA) is 108 Å². The maximum atomic E-state index is 12.8. The van der Waals surface area contributed by atoms with Crippen LogP contribution >= 0.6 is 7.82 Å². The number of esters is 2. The molecule has 410 valence electrons. The van der Waals surface area contributed by atoms with Gasteiger partial charge in [-0.3, -0.25) is 18.6 Å². The second kappa shape index (κ2) is 51.6. The third-order valence-electron chi connectivity index (χ3n) is 13.5. The number of allylic oxidation sites excluding steroid dienone is 2. The minimum absolute atomic E-state index is 0.0362. The fourth-order valence-corrected chi connectivity index (χ4v) is 9.64. The second-order valence-corrected chi connectivity index (χ2v) is 23.2. The van der Waals surface area contributed by atoms with Crippen molar-refractivity contribution in [1.82, 2.24) is 0 Å². The molecule has 0 fully saturated rings. The summed E-state index contributed by atoms with van der Waals surface area (Å²) < 4.78 is 34.6. The van der Waals surface area contributed by atoms with Gasteiger partial charge in [0.15, 0.2) is 6.10 Å². The summed E-state index contributed by atoms with van der Waals surface area (Å²) in [6.07, 6.45) is 60.0. The number of unbranched alkanes of at least 4 members (excludes halogenated alkanes) is 40. The minimum atomic E-state index is -4.38. The van der Waals surface area contributed by atoms with Crippen molar-refractivity contribution >= 4 is 19.8 Å². The summed E-state index contributed by atoms with van der Waals surface area (Å²) in [4.78, 5) is 35.7. The molecule has 0 amide bonds. The van der Waals surface area contributed by atoms with Crippen molar-refractivity contribution in [2.24, 2.45) is 0 Å². The Morgan fingerprint density at radius 3 is 1.07 bits per heavy atom. The van der Waals surface area contributed by atoms with Crippen LogP contribution in [0.15, 0.2) is 12.2 Å². The minimum Gasteiger partial charge on any atom is -0.462 e. The molecule has 0 aromatic heterocycles. The molecule has 0 aromatic carbocycles. The molecule has 1 N–H and O–H groups in total. The SMILES string of the molecule is CCCCCCCCCC/C=C\CCCCCCCCCCCCCCCCCCCC(=O)OC(COC(=O)CCCCCCCCCCCCCCCCCC)COP(=O)(O)OCC[N+](C)(C)C. The Kier molecular flexibility index (Phi) is 50.7. The van der Waals surface area contributed by atoms with Crippen LogP contribution in [0.4, 0.5) is 0 Å². The number of phosphoric ester groups is 1. The predicted molar refractivity (Wildman–Crippen MR) is 294 cm³/mol. The zero-order chi connectivity index (χ0) is 50.6. The molecule has 0 saturated carbocycles. The Balaban J connectivity index is 4.04. The smallest absolute Gasteiger partial charge is 0.462 e. The van der Waals surface area contributed by atoms with Crippen LogP contribution in [-0.4, -0.2) is 74.9 Å². The number of hydrogen-bond acceptors (Lipinski definition) is 7. The quantitative estimate of drug-likeness (QED) is 0.0211. The van der Waals surface area contributed by atoms with E-state index in [4.69, 9.17) is 18.5 Å². The molecule has 2 unspecified atom stereocenters. The number of rotatable bonds is 56. The lowest BCUT2D eigenvalue weighted by Gasteiger charge is -2.24. The first-order chi connectivity index (χ1) is 33.5. The van der Waals surface area contributed by atoms with Gasteiger partial charge in [-0.25, -0.2) is 4.57 Å². The molecule has 0 heterocycles. The van der Waals surface area contributed by atoms with Crippen molar-refractivity contribution in [2.75, 3.05) is 47.5 Å². The molecule has 0 radical (unpaired) electrons. The number of quaternary nitrogens is 1. The van der Waals surface area contributed by atoms with Crippen LogP contribution in [0.1, 0.15) is 303 Å². The fourth-order valence-electron chi connectivity index (χ4n) is 8.90. The predicted octanol–water partition coefficient (Wildman–Crippen LogP) is 18.4. The highest BCUT2D eigenvalue weighted by molar-refractivity contribution is 7.47. The van der Waals surface area contributed by atoms with E-state index >= 15 is 0 Å². The van der Waals surface area contributed by atoms with Gasteiger partial charge < -0.3 is 18.9 Å². The Hall–Kier alpha value is -1.25. The third-order valence-corrected chi connectivity index (χ3v) is 14.5. The summed E-state index contributed by atoms with van der Waals surface area (Å²) in [5.41, 5.74) is 0. The van der Waals surface area contributed by atoms with Gasteiger partial charge in [-0.05, 0) is 38.5 Å². The molecule has 9 nitrogen and oxygen atoms in total. The summed E-state index contributed by atoms with van der Waals surface area (Å²) in [5.74, 6) is -0.777. The number of hydrogen-bond donors (Lipinski definition) is 1. The largest absolute Gasteiger partial charge is 0.472 e. The van der Waals surface area contributed by atoms with Crippen molar-refractivity contribution in [3.05, 3.63) is 12.2 Å². The molecule has 0 aliphatic carbocycles. The third kappa shape index (κ3) is 55.9. The van der Waals surface area contributed by atoms with Gasteiger partial charge in [0.1, 0.15) is 19.8 Å². The van der Waals surface area contributed by atoms with E-state index in [-0.39, 0.29) is 25.6 Å². The van der Waals surface area contributed by atoms with Crippen molar-refractivity contribution < 1.29 is 42.1 Å². The van der Waals surface area contributed by atoms with E-state index in [9.17, 15) is 19.0 Å². The van der Waals surface area contributed by atoms with Crippen molar-refractivity contribution in [3.63, 3.8) is 0 Å². The molecule has 0 aliphatic rings. The van der Waals surface area contributed by atoms with E-state index in [1.54, 1.807) is 0 Å². The van der Waals surface area contributed by atoms with Crippen LogP contribution in [0, 0.1) is 0 Å². The Morgan fingerprint density at radius 1 is 0.435 bits per heavy atom. The zero-order valence-corrected chi connectivity index (χ0v) is 47.5. The lowest BCUT2D eigenvalue weighted by molar-refractivity contribution is -0.870. The first-order valence-electron chi connectivity index (χ1n) is 29.9. The summed E-state index contributed by atoms with van der Waals surface area (Å²) in [6.45, 7) is 4.49. The summed E-state index contributed by atoms with van der Waals surface area (Å²) in [6, 6.07) is 0. The molecule has 0 rings (SSSR count). The normalized spacial score (nSPS) is 13.3. The molecule has 0 aromatic rings. The van der Waals surface area contributed by atoms with Gasteiger partial charge in [0.2, 0.25) is 0 Å². The van der Waals surface area contributed by atoms with Crippen LogP contribution in [0.5, 0.6) is 0 Å². The zero-order valence-electron chi connectivity index (χ0n) is 46.6.